The summed E-state index contributed by atoms with van der Waals surface area (Å²) in [5, 5.41) is 0. The van der Waals surface area contributed by atoms with Gasteiger partial charge in [0.1, 0.15) is 0 Å². The molecule has 0 atom stereocenters. The largest absolute Gasteiger partial charge is 0.294 e. The van der Waals surface area contributed by atoms with E-state index in [-0.39, 0.29) is 11.7 Å². The van der Waals surface area contributed by atoms with Crippen molar-refractivity contribution in [2.75, 3.05) is 5.75 Å². The summed E-state index contributed by atoms with van der Waals surface area (Å²) in [4.78, 5) is 0. The fourth-order valence-electron chi connectivity index (χ4n) is 1.47. The maximum atomic E-state index is 10.2. The maximum absolute atomic E-state index is 10.2. The minimum absolute atomic E-state index is 0.146. The molecule has 0 aromatic carbocycles. The Morgan fingerprint density at radius 3 is 2.10 bits per heavy atom. The highest BCUT2D eigenvalue weighted by molar-refractivity contribution is 7.85. The molecule has 0 aliphatic heterocycles. The van der Waals surface area contributed by atoms with Crippen LogP contribution in [0.5, 0.6) is 0 Å². The summed E-state index contributed by atoms with van der Waals surface area (Å²) >= 11 is 0. The Kier molecular flexibility index (Phi) is 2.31. The Bertz CT molecular complexity index is 189. The average molecular weight is 163 g/mol. The third kappa shape index (κ3) is 2.66. The topological polar surface area (TPSA) is 54.0 Å². The highest BCUT2D eigenvalue weighted by Gasteiger charge is 2.21. The van der Waals surface area contributed by atoms with Crippen LogP contribution in [-0.4, -0.2) is 14.2 Å². The van der Waals surface area contributed by atoms with Crippen molar-refractivity contribution in [3.63, 3.8) is 0 Å². The van der Waals surface area contributed by atoms with E-state index < -0.39 is 10.1 Å². The molecule has 4 heteroatoms. The first-order chi connectivity index (χ1) is 4.58. The summed E-state index contributed by atoms with van der Waals surface area (Å²) in [7, 11) is -3.96. The molecule has 1 saturated carbocycles. The predicted molar refractivity (Wildman–Crippen MR) is 36.4 cm³/mol. The fraction of sp³-hybridized carbons (Fsp3) is 1.00. The van der Waals surface area contributed by atoms with Crippen molar-refractivity contribution < 1.29 is 13.0 Å². The molecule has 1 fully saturated rings. The van der Waals surface area contributed by atoms with Crippen LogP contribution in [-0.2, 0) is 14.7 Å². The zero-order chi connectivity index (χ0) is 7.61. The van der Waals surface area contributed by atoms with Gasteiger partial charge in [-0.3, -0.25) is 0 Å². The highest BCUT2D eigenvalue weighted by Crippen LogP contribution is 2.25. The van der Waals surface area contributed by atoms with E-state index in [1.54, 1.807) is 0 Å². The van der Waals surface area contributed by atoms with Gasteiger partial charge >= 0.3 is 0 Å². The second-order valence-corrected chi connectivity index (χ2v) is 4.32. The Morgan fingerprint density at radius 2 is 1.70 bits per heavy atom. The lowest BCUT2D eigenvalue weighted by Crippen LogP contribution is -2.10. The molecule has 1 aliphatic rings. The summed E-state index contributed by atoms with van der Waals surface area (Å²) in [6.07, 6.45) is 4.00. The van der Waals surface area contributed by atoms with Gasteiger partial charge in [-0.15, -0.1) is 0 Å². The van der Waals surface area contributed by atoms with Crippen LogP contribution in [0.15, 0.2) is 0 Å². The van der Waals surface area contributed by atoms with E-state index in [0.717, 1.165) is 25.7 Å². The van der Waals surface area contributed by atoms with Crippen LogP contribution in [0.1, 0.15) is 25.7 Å². The predicted octanol–water partition coefficient (Wildman–Crippen LogP) is 0.937. The van der Waals surface area contributed by atoms with Crippen LogP contribution in [0.3, 0.4) is 0 Å². The Morgan fingerprint density at radius 1 is 1.20 bits per heavy atom. The summed E-state index contributed by atoms with van der Waals surface area (Å²) in [6.45, 7) is 0. The SMILES string of the molecule is [O]S(=O)(=O)CC1CCCC1. The van der Waals surface area contributed by atoms with Gasteiger partial charge in [0.25, 0.3) is 10.1 Å². The number of hydrogen-bond acceptors (Lipinski definition) is 2. The normalized spacial score (nSPS) is 21.7. The van der Waals surface area contributed by atoms with Crippen LogP contribution in [0.2, 0.25) is 0 Å². The molecule has 0 aromatic heterocycles. The molecule has 0 bridgehead atoms. The first-order valence-electron chi connectivity index (χ1n) is 3.51. The van der Waals surface area contributed by atoms with Crippen LogP contribution in [0, 0.1) is 5.92 Å². The number of hydrogen-bond donors (Lipinski definition) is 0. The summed E-state index contributed by atoms with van der Waals surface area (Å²) < 4.78 is 30.7. The van der Waals surface area contributed by atoms with E-state index in [9.17, 15) is 13.0 Å². The van der Waals surface area contributed by atoms with Crippen LogP contribution in [0.4, 0.5) is 0 Å². The molecule has 0 saturated heterocycles. The molecule has 10 heavy (non-hydrogen) atoms. The zero-order valence-corrected chi connectivity index (χ0v) is 6.56. The van der Waals surface area contributed by atoms with Crippen molar-refractivity contribution in [1.82, 2.24) is 0 Å². The first kappa shape index (κ1) is 8.01. The Labute approximate surface area is 61.2 Å². The van der Waals surface area contributed by atoms with Gasteiger partial charge < -0.3 is 0 Å². The molecule has 0 spiro atoms. The second kappa shape index (κ2) is 2.88. The molecule has 0 heterocycles. The van der Waals surface area contributed by atoms with E-state index in [1.165, 1.54) is 0 Å². The third-order valence-corrected chi connectivity index (χ3v) is 2.79. The lowest BCUT2D eigenvalue weighted by atomic mass is 10.1. The molecular weight excluding hydrogens is 152 g/mol. The molecule has 0 aromatic rings. The minimum atomic E-state index is -3.96. The van der Waals surface area contributed by atoms with Gasteiger partial charge in [0, 0.05) is 0 Å². The summed E-state index contributed by atoms with van der Waals surface area (Å²) in [6, 6.07) is 0. The summed E-state index contributed by atoms with van der Waals surface area (Å²) in [5.74, 6) is 0.00926. The standard InChI is InChI=1S/C6H11O3S/c7-10(8,9)5-6-3-1-2-4-6/h6H,1-5H2. The quantitative estimate of drug-likeness (QED) is 0.608. The average Bonchev–Trinajstić information content (AvgIpc) is 2.12. The van der Waals surface area contributed by atoms with Crippen LogP contribution < -0.4 is 0 Å². The monoisotopic (exact) mass is 163 g/mol. The minimum Gasteiger partial charge on any atom is -0.197 e. The van der Waals surface area contributed by atoms with E-state index in [2.05, 4.69) is 0 Å². The van der Waals surface area contributed by atoms with Crippen molar-refractivity contribution >= 4 is 10.1 Å². The molecule has 0 unspecified atom stereocenters. The third-order valence-electron chi connectivity index (χ3n) is 1.91. The highest BCUT2D eigenvalue weighted by atomic mass is 32.2. The van der Waals surface area contributed by atoms with E-state index in [4.69, 9.17) is 0 Å². The van der Waals surface area contributed by atoms with Gasteiger partial charge in [0.05, 0.1) is 5.75 Å². The van der Waals surface area contributed by atoms with Crippen LogP contribution >= 0.6 is 0 Å². The van der Waals surface area contributed by atoms with Gasteiger partial charge in [-0.2, -0.15) is 8.42 Å². The first-order valence-corrected chi connectivity index (χ1v) is 5.09. The Hall–Kier alpha value is -0.0900. The second-order valence-electron chi connectivity index (χ2n) is 2.87. The van der Waals surface area contributed by atoms with Crippen molar-refractivity contribution in [3.05, 3.63) is 0 Å². The van der Waals surface area contributed by atoms with E-state index >= 15 is 0 Å². The molecule has 3 nitrogen and oxygen atoms in total. The molecular formula is C6H11O3S. The fourth-order valence-corrected chi connectivity index (χ4v) is 2.38. The molecule has 1 radical (unpaired) electrons. The maximum Gasteiger partial charge on any atom is 0.294 e. The molecule has 1 aliphatic carbocycles. The van der Waals surface area contributed by atoms with Gasteiger partial charge in [-0.05, 0) is 18.8 Å². The number of rotatable bonds is 2. The summed E-state index contributed by atoms with van der Waals surface area (Å²) in [5.41, 5.74) is 0. The van der Waals surface area contributed by atoms with Crippen molar-refractivity contribution in [2.45, 2.75) is 25.7 Å². The molecule has 0 amide bonds. The Balaban J connectivity index is 2.38. The van der Waals surface area contributed by atoms with Gasteiger partial charge in [-0.1, -0.05) is 17.4 Å². The van der Waals surface area contributed by atoms with Gasteiger partial charge in [0.15, 0.2) is 0 Å². The molecule has 1 rings (SSSR count). The van der Waals surface area contributed by atoms with E-state index in [0.29, 0.717) is 0 Å². The van der Waals surface area contributed by atoms with Crippen molar-refractivity contribution in [2.24, 2.45) is 5.92 Å². The van der Waals surface area contributed by atoms with Crippen molar-refractivity contribution in [3.8, 4) is 0 Å². The molecule has 0 N–H and O–H groups in total. The van der Waals surface area contributed by atoms with Crippen LogP contribution in [0.25, 0.3) is 0 Å². The lowest BCUT2D eigenvalue weighted by molar-refractivity contribution is 0.403. The van der Waals surface area contributed by atoms with Gasteiger partial charge in [-0.25, -0.2) is 0 Å². The lowest BCUT2D eigenvalue weighted by Gasteiger charge is -2.02. The molecule has 59 valence electrons. The van der Waals surface area contributed by atoms with Crippen molar-refractivity contribution in [1.29, 1.82) is 0 Å². The smallest absolute Gasteiger partial charge is 0.197 e. The van der Waals surface area contributed by atoms with Gasteiger partial charge in [0.2, 0.25) is 0 Å². The zero-order valence-electron chi connectivity index (χ0n) is 5.75. The van der Waals surface area contributed by atoms with E-state index in [1.807, 2.05) is 0 Å².